The van der Waals surface area contributed by atoms with Crippen molar-refractivity contribution >= 4 is 11.7 Å². The van der Waals surface area contributed by atoms with Crippen LogP contribution < -0.4 is 5.32 Å². The van der Waals surface area contributed by atoms with Crippen molar-refractivity contribution in [3.8, 4) is 0 Å². The summed E-state index contributed by atoms with van der Waals surface area (Å²) < 4.78 is 40.8. The summed E-state index contributed by atoms with van der Waals surface area (Å²) in [7, 11) is 0. The van der Waals surface area contributed by atoms with Crippen LogP contribution in [0.15, 0.2) is 24.3 Å². The molecular weight excluding hydrogens is 431 g/mol. The maximum Gasteiger partial charge on any atom is 0.274 e. The van der Waals surface area contributed by atoms with E-state index in [2.05, 4.69) is 20.2 Å². The summed E-state index contributed by atoms with van der Waals surface area (Å²) in [4.78, 5) is 25.8. The summed E-state index contributed by atoms with van der Waals surface area (Å²) in [5, 5.41) is 3.36. The molecule has 1 amide bonds. The van der Waals surface area contributed by atoms with Crippen LogP contribution in [-0.4, -0.2) is 70.9 Å². The number of halogens is 3. The first-order valence-electron chi connectivity index (χ1n) is 11.5. The number of carbonyl (C=O) groups excluding carboxylic acids is 1. The first kappa shape index (κ1) is 23.5. The Morgan fingerprint density at radius 1 is 1.15 bits per heavy atom. The van der Waals surface area contributed by atoms with Gasteiger partial charge in [-0.05, 0) is 50.6 Å². The SMILES string of the molecule is Cc1nc(NCCN2CCCC2)c(C(C)c2ccc(F)cc2)nc1C(=O)N1CCC(F)(F)C1. The molecule has 33 heavy (non-hydrogen) atoms. The van der Waals surface area contributed by atoms with Crippen LogP contribution in [0.1, 0.15) is 59.5 Å². The normalized spacial score (nSPS) is 19.1. The van der Waals surface area contributed by atoms with Gasteiger partial charge in [-0.3, -0.25) is 4.79 Å². The predicted molar refractivity (Wildman–Crippen MR) is 120 cm³/mol. The third-order valence-electron chi connectivity index (χ3n) is 6.46. The Balaban J connectivity index is 1.62. The molecule has 0 saturated carbocycles. The van der Waals surface area contributed by atoms with E-state index < -0.39 is 18.4 Å². The lowest BCUT2D eigenvalue weighted by Gasteiger charge is -2.22. The molecular formula is C24H30F3N5O. The number of nitrogens with zero attached hydrogens (tertiary/aromatic N) is 4. The van der Waals surface area contributed by atoms with E-state index in [0.29, 0.717) is 23.8 Å². The third-order valence-corrected chi connectivity index (χ3v) is 6.46. The third kappa shape index (κ3) is 5.46. The molecule has 2 fully saturated rings. The van der Waals surface area contributed by atoms with Crippen LogP contribution in [0.3, 0.4) is 0 Å². The molecule has 0 spiro atoms. The average Bonchev–Trinajstić information content (AvgIpc) is 3.43. The zero-order valence-corrected chi connectivity index (χ0v) is 19.1. The smallest absolute Gasteiger partial charge is 0.274 e. The highest BCUT2D eigenvalue weighted by molar-refractivity contribution is 5.93. The molecule has 6 nitrogen and oxygen atoms in total. The van der Waals surface area contributed by atoms with Gasteiger partial charge in [0.05, 0.1) is 17.9 Å². The molecule has 3 heterocycles. The van der Waals surface area contributed by atoms with Crippen molar-refractivity contribution in [2.45, 2.75) is 45.0 Å². The number of aryl methyl sites for hydroxylation is 1. The first-order chi connectivity index (χ1) is 15.7. The summed E-state index contributed by atoms with van der Waals surface area (Å²) in [5.74, 6) is -3.46. The highest BCUT2D eigenvalue weighted by Gasteiger charge is 2.41. The molecule has 2 aliphatic rings. The second-order valence-corrected chi connectivity index (χ2v) is 8.97. The minimum absolute atomic E-state index is 0.00830. The summed E-state index contributed by atoms with van der Waals surface area (Å²) in [6.45, 7) is 6.68. The summed E-state index contributed by atoms with van der Waals surface area (Å²) in [6.07, 6.45) is 2.07. The van der Waals surface area contributed by atoms with Gasteiger partial charge in [-0.1, -0.05) is 19.1 Å². The minimum atomic E-state index is -2.88. The van der Waals surface area contributed by atoms with E-state index in [1.807, 2.05) is 6.92 Å². The zero-order chi connectivity index (χ0) is 23.6. The van der Waals surface area contributed by atoms with Crippen LogP contribution >= 0.6 is 0 Å². The van der Waals surface area contributed by atoms with Crippen molar-refractivity contribution in [2.75, 3.05) is 44.6 Å². The maximum absolute atomic E-state index is 13.7. The number of hydrogen-bond donors (Lipinski definition) is 1. The molecule has 1 aromatic heterocycles. The number of likely N-dealkylation sites (tertiary alicyclic amines) is 2. The van der Waals surface area contributed by atoms with Gasteiger partial charge >= 0.3 is 0 Å². The fourth-order valence-electron chi connectivity index (χ4n) is 4.47. The number of benzene rings is 1. The van der Waals surface area contributed by atoms with Crippen LogP contribution in [0, 0.1) is 12.7 Å². The number of aromatic nitrogens is 2. The Kier molecular flexibility index (Phi) is 6.88. The first-order valence-corrected chi connectivity index (χ1v) is 11.5. The molecule has 0 aliphatic carbocycles. The minimum Gasteiger partial charge on any atom is -0.367 e. The summed E-state index contributed by atoms with van der Waals surface area (Å²) in [5.41, 5.74) is 1.85. The Morgan fingerprint density at radius 2 is 1.85 bits per heavy atom. The molecule has 2 aromatic rings. The number of anilines is 1. The quantitative estimate of drug-likeness (QED) is 0.674. The van der Waals surface area contributed by atoms with Crippen LogP contribution in [-0.2, 0) is 0 Å². The largest absolute Gasteiger partial charge is 0.367 e. The van der Waals surface area contributed by atoms with E-state index in [-0.39, 0.29) is 30.4 Å². The van der Waals surface area contributed by atoms with Crippen molar-refractivity contribution in [1.82, 2.24) is 19.8 Å². The number of hydrogen-bond acceptors (Lipinski definition) is 5. The van der Waals surface area contributed by atoms with Gasteiger partial charge in [0.1, 0.15) is 17.3 Å². The number of alkyl halides is 2. The number of nitrogens with one attached hydrogen (secondary N) is 1. The van der Waals surface area contributed by atoms with Gasteiger partial charge in [-0.15, -0.1) is 0 Å². The number of amides is 1. The number of rotatable bonds is 7. The van der Waals surface area contributed by atoms with Crippen LogP contribution in [0.2, 0.25) is 0 Å². The lowest BCUT2D eigenvalue weighted by atomic mass is 9.97. The standard InChI is InChI=1S/C24H30F3N5O/c1-16(18-5-7-19(25)8-6-18)20-22(28-10-14-31-11-3-4-12-31)29-17(2)21(30-20)23(33)32-13-9-24(26,27)15-32/h5-8,16H,3-4,9-15H2,1-2H3,(H,28,29). The Labute approximate surface area is 192 Å². The van der Waals surface area contributed by atoms with Gasteiger partial charge in [0.25, 0.3) is 11.8 Å². The topological polar surface area (TPSA) is 61.4 Å². The van der Waals surface area contributed by atoms with E-state index >= 15 is 0 Å². The van der Waals surface area contributed by atoms with Gasteiger partial charge in [0.15, 0.2) is 0 Å². The molecule has 1 N–H and O–H groups in total. The van der Waals surface area contributed by atoms with E-state index in [1.165, 1.54) is 25.0 Å². The maximum atomic E-state index is 13.7. The number of carbonyl (C=O) groups is 1. The molecule has 4 rings (SSSR count). The molecule has 0 radical (unpaired) electrons. The lowest BCUT2D eigenvalue weighted by Crippen LogP contribution is -2.33. The van der Waals surface area contributed by atoms with Crippen molar-refractivity contribution in [2.24, 2.45) is 0 Å². The van der Waals surface area contributed by atoms with Crippen molar-refractivity contribution in [3.05, 3.63) is 52.7 Å². The van der Waals surface area contributed by atoms with Gasteiger partial charge in [0.2, 0.25) is 0 Å². The fraction of sp³-hybridized carbons (Fsp3) is 0.542. The Hall–Kier alpha value is -2.68. The molecule has 178 valence electrons. The van der Waals surface area contributed by atoms with E-state index in [1.54, 1.807) is 19.1 Å². The van der Waals surface area contributed by atoms with Gasteiger partial charge in [-0.2, -0.15) is 0 Å². The summed E-state index contributed by atoms with van der Waals surface area (Å²) >= 11 is 0. The lowest BCUT2D eigenvalue weighted by molar-refractivity contribution is 0.0119. The fourth-order valence-corrected chi connectivity index (χ4v) is 4.47. The molecule has 1 unspecified atom stereocenters. The van der Waals surface area contributed by atoms with E-state index in [9.17, 15) is 18.0 Å². The van der Waals surface area contributed by atoms with Crippen LogP contribution in [0.25, 0.3) is 0 Å². The van der Waals surface area contributed by atoms with E-state index in [4.69, 9.17) is 0 Å². The summed E-state index contributed by atoms with van der Waals surface area (Å²) in [6, 6.07) is 6.12. The molecule has 0 bridgehead atoms. The monoisotopic (exact) mass is 461 g/mol. The van der Waals surface area contributed by atoms with E-state index in [0.717, 1.165) is 30.1 Å². The highest BCUT2D eigenvalue weighted by atomic mass is 19.3. The molecule has 1 atom stereocenters. The second kappa shape index (κ2) is 9.67. The van der Waals surface area contributed by atoms with Crippen molar-refractivity contribution in [1.29, 1.82) is 0 Å². The zero-order valence-electron chi connectivity index (χ0n) is 19.1. The average molecular weight is 462 g/mol. The highest BCUT2D eigenvalue weighted by Crippen LogP contribution is 2.31. The van der Waals surface area contributed by atoms with Gasteiger partial charge < -0.3 is 15.1 Å². The van der Waals surface area contributed by atoms with Crippen molar-refractivity contribution < 1.29 is 18.0 Å². The molecule has 1 aromatic carbocycles. The Morgan fingerprint density at radius 3 is 2.48 bits per heavy atom. The van der Waals surface area contributed by atoms with Crippen LogP contribution in [0.4, 0.5) is 19.0 Å². The molecule has 9 heteroatoms. The van der Waals surface area contributed by atoms with Crippen molar-refractivity contribution in [3.63, 3.8) is 0 Å². The van der Waals surface area contributed by atoms with Crippen LogP contribution in [0.5, 0.6) is 0 Å². The predicted octanol–water partition coefficient (Wildman–Crippen LogP) is 4.06. The molecule has 2 aliphatic heterocycles. The second-order valence-electron chi connectivity index (χ2n) is 8.97. The van der Waals surface area contributed by atoms with Gasteiger partial charge in [0, 0.05) is 32.0 Å². The van der Waals surface area contributed by atoms with Gasteiger partial charge in [-0.25, -0.2) is 23.1 Å². The molecule has 2 saturated heterocycles. The Bertz CT molecular complexity index is 992.